The van der Waals surface area contributed by atoms with Crippen molar-refractivity contribution in [3.63, 3.8) is 0 Å². The Hall–Kier alpha value is -0.540. The Bertz CT molecular complexity index is 433. The quantitative estimate of drug-likeness (QED) is 0.244. The van der Waals surface area contributed by atoms with Crippen molar-refractivity contribution in [1.82, 2.24) is 10.6 Å². The van der Waals surface area contributed by atoms with Crippen molar-refractivity contribution >= 4 is 45.9 Å². The van der Waals surface area contributed by atoms with Crippen molar-refractivity contribution in [3.8, 4) is 5.75 Å². The maximum atomic E-state index is 5.66. The number of guanidine groups is 1. The van der Waals surface area contributed by atoms with Gasteiger partial charge in [0, 0.05) is 31.3 Å². The third kappa shape index (κ3) is 10.2. The van der Waals surface area contributed by atoms with Crippen molar-refractivity contribution in [1.29, 1.82) is 0 Å². The van der Waals surface area contributed by atoms with Crippen LogP contribution < -0.4 is 15.4 Å². The molecule has 1 rings (SSSR count). The molecule has 1 aromatic carbocycles. The summed E-state index contributed by atoms with van der Waals surface area (Å²) in [6.07, 6.45) is 0.918. The van der Waals surface area contributed by atoms with E-state index in [0.29, 0.717) is 13.2 Å². The van der Waals surface area contributed by atoms with Crippen LogP contribution in [-0.4, -0.2) is 45.9 Å². The summed E-state index contributed by atoms with van der Waals surface area (Å²) in [4.78, 5) is 4.46. The van der Waals surface area contributed by atoms with Crippen LogP contribution >= 0.6 is 39.9 Å². The number of hydrogen-bond donors (Lipinski definition) is 2. The highest BCUT2D eigenvalue weighted by molar-refractivity contribution is 14.0. The molecule has 2 N–H and O–H groups in total. The number of nitrogens with one attached hydrogen (secondary N) is 2. The van der Waals surface area contributed by atoms with Gasteiger partial charge in [-0.3, -0.25) is 4.99 Å². The normalized spacial score (nSPS) is 10.8. The third-order valence-electron chi connectivity index (χ3n) is 2.58. The Morgan fingerprint density at radius 3 is 2.77 bits per heavy atom. The predicted octanol–water partition coefficient (Wildman–Crippen LogP) is 3.04. The van der Waals surface area contributed by atoms with Crippen LogP contribution in [0, 0.1) is 0 Å². The molecule has 0 aliphatic rings. The van der Waals surface area contributed by atoms with Crippen LogP contribution in [0.5, 0.6) is 5.75 Å². The topological polar surface area (TPSA) is 54.9 Å². The van der Waals surface area contributed by atoms with Crippen molar-refractivity contribution in [2.75, 3.05) is 40.0 Å². The minimum absolute atomic E-state index is 0. The maximum absolute atomic E-state index is 5.66. The van der Waals surface area contributed by atoms with E-state index in [9.17, 15) is 0 Å². The van der Waals surface area contributed by atoms with E-state index in [2.05, 4.69) is 31.6 Å². The molecule has 0 bridgehead atoms. The lowest BCUT2D eigenvalue weighted by atomic mass is 10.3. The monoisotopic (exact) mass is 485 g/mol. The molecule has 0 spiro atoms. The standard InChI is InChI=1S/C15H24BrN3O2.HI/c1-3-17-15(18-8-5-10-20-2)19-9-11-21-14-7-4-6-13(16)12-14;/h4,6-7,12H,3,5,8-11H2,1-2H3,(H2,17,18,19);1H. The van der Waals surface area contributed by atoms with E-state index in [-0.39, 0.29) is 24.0 Å². The van der Waals surface area contributed by atoms with Gasteiger partial charge in [0.2, 0.25) is 0 Å². The minimum Gasteiger partial charge on any atom is -0.492 e. The number of nitrogens with zero attached hydrogens (tertiary/aromatic N) is 1. The van der Waals surface area contributed by atoms with E-state index in [1.807, 2.05) is 31.2 Å². The second-order valence-corrected chi connectivity index (χ2v) is 5.26. The lowest BCUT2D eigenvalue weighted by Crippen LogP contribution is -2.39. The summed E-state index contributed by atoms with van der Waals surface area (Å²) in [5, 5.41) is 6.45. The zero-order chi connectivity index (χ0) is 15.3. The molecule has 0 fully saturated rings. The van der Waals surface area contributed by atoms with Gasteiger partial charge in [-0.25, -0.2) is 0 Å². The van der Waals surface area contributed by atoms with Gasteiger partial charge in [0.05, 0.1) is 6.54 Å². The van der Waals surface area contributed by atoms with E-state index in [1.54, 1.807) is 7.11 Å². The summed E-state index contributed by atoms with van der Waals surface area (Å²) in [5.41, 5.74) is 0. The van der Waals surface area contributed by atoms with Crippen molar-refractivity contribution < 1.29 is 9.47 Å². The summed E-state index contributed by atoms with van der Waals surface area (Å²) < 4.78 is 11.7. The van der Waals surface area contributed by atoms with Gasteiger partial charge >= 0.3 is 0 Å². The molecule has 5 nitrogen and oxygen atoms in total. The molecule has 0 amide bonds. The Morgan fingerprint density at radius 1 is 1.27 bits per heavy atom. The van der Waals surface area contributed by atoms with Crippen LogP contribution in [0.3, 0.4) is 0 Å². The molecule has 0 aromatic heterocycles. The average molecular weight is 486 g/mol. The number of rotatable bonds is 9. The van der Waals surface area contributed by atoms with Crippen LogP contribution in [0.2, 0.25) is 0 Å². The van der Waals surface area contributed by atoms with Crippen LogP contribution in [0.25, 0.3) is 0 Å². The first-order chi connectivity index (χ1) is 10.3. The Kier molecular flexibility index (Phi) is 13.7. The smallest absolute Gasteiger partial charge is 0.191 e. The highest BCUT2D eigenvalue weighted by Gasteiger charge is 1.98. The fraction of sp³-hybridized carbons (Fsp3) is 0.533. The second kappa shape index (κ2) is 14.1. The molecule has 0 saturated carbocycles. The fourth-order valence-electron chi connectivity index (χ4n) is 1.64. The number of aliphatic imine (C=N–C) groups is 1. The Balaban J connectivity index is 0.00000441. The number of methoxy groups -OCH3 is 1. The van der Waals surface area contributed by atoms with Crippen molar-refractivity contribution in [2.45, 2.75) is 13.3 Å². The second-order valence-electron chi connectivity index (χ2n) is 4.34. The number of ether oxygens (including phenoxy) is 2. The number of halogens is 2. The van der Waals surface area contributed by atoms with E-state index in [0.717, 1.165) is 42.3 Å². The molecule has 7 heteroatoms. The van der Waals surface area contributed by atoms with Gasteiger partial charge in [0.25, 0.3) is 0 Å². The van der Waals surface area contributed by atoms with Gasteiger partial charge in [-0.05, 0) is 31.5 Å². The number of benzene rings is 1. The van der Waals surface area contributed by atoms with Gasteiger partial charge in [-0.1, -0.05) is 22.0 Å². The maximum Gasteiger partial charge on any atom is 0.191 e. The summed E-state index contributed by atoms with van der Waals surface area (Å²) in [7, 11) is 1.70. The summed E-state index contributed by atoms with van der Waals surface area (Å²) in [6.45, 7) is 5.64. The molecule has 126 valence electrons. The van der Waals surface area contributed by atoms with E-state index >= 15 is 0 Å². The Morgan fingerprint density at radius 2 is 2.09 bits per heavy atom. The molecular formula is C15H25BrIN3O2. The van der Waals surface area contributed by atoms with Crippen LogP contribution in [-0.2, 0) is 4.74 Å². The van der Waals surface area contributed by atoms with E-state index in [4.69, 9.17) is 9.47 Å². The predicted molar refractivity (Wildman–Crippen MR) is 106 cm³/mol. The minimum atomic E-state index is 0. The first kappa shape index (κ1) is 21.5. The molecule has 0 saturated heterocycles. The Labute approximate surface area is 158 Å². The molecule has 22 heavy (non-hydrogen) atoms. The van der Waals surface area contributed by atoms with Gasteiger partial charge < -0.3 is 20.1 Å². The molecule has 0 aliphatic carbocycles. The molecule has 1 aromatic rings. The van der Waals surface area contributed by atoms with E-state index in [1.165, 1.54) is 0 Å². The average Bonchev–Trinajstić information content (AvgIpc) is 2.48. The molecule has 0 heterocycles. The summed E-state index contributed by atoms with van der Waals surface area (Å²) in [5.74, 6) is 1.67. The zero-order valence-electron chi connectivity index (χ0n) is 13.1. The zero-order valence-corrected chi connectivity index (χ0v) is 17.0. The highest BCUT2D eigenvalue weighted by atomic mass is 127. The van der Waals surface area contributed by atoms with Crippen LogP contribution in [0.1, 0.15) is 13.3 Å². The van der Waals surface area contributed by atoms with Crippen LogP contribution in [0.15, 0.2) is 33.7 Å². The number of hydrogen-bond acceptors (Lipinski definition) is 3. The molecule has 0 unspecified atom stereocenters. The SMILES string of the molecule is CCNC(=NCCCOC)NCCOc1cccc(Br)c1.I. The first-order valence-corrected chi connectivity index (χ1v) is 7.95. The highest BCUT2D eigenvalue weighted by Crippen LogP contribution is 2.17. The summed E-state index contributed by atoms with van der Waals surface area (Å²) in [6, 6.07) is 7.81. The molecule has 0 aliphatic heterocycles. The van der Waals surface area contributed by atoms with Crippen molar-refractivity contribution in [2.24, 2.45) is 4.99 Å². The lowest BCUT2D eigenvalue weighted by Gasteiger charge is -2.12. The largest absolute Gasteiger partial charge is 0.492 e. The molecule has 0 atom stereocenters. The molecular weight excluding hydrogens is 461 g/mol. The van der Waals surface area contributed by atoms with E-state index < -0.39 is 0 Å². The molecule has 0 radical (unpaired) electrons. The van der Waals surface area contributed by atoms with Crippen LogP contribution in [0.4, 0.5) is 0 Å². The fourth-order valence-corrected chi connectivity index (χ4v) is 2.01. The third-order valence-corrected chi connectivity index (χ3v) is 3.07. The first-order valence-electron chi connectivity index (χ1n) is 7.15. The van der Waals surface area contributed by atoms with Gasteiger partial charge in [-0.15, -0.1) is 24.0 Å². The van der Waals surface area contributed by atoms with Gasteiger partial charge in [0.1, 0.15) is 12.4 Å². The van der Waals surface area contributed by atoms with Gasteiger partial charge in [-0.2, -0.15) is 0 Å². The lowest BCUT2D eigenvalue weighted by molar-refractivity contribution is 0.197. The van der Waals surface area contributed by atoms with Crippen molar-refractivity contribution in [3.05, 3.63) is 28.7 Å². The van der Waals surface area contributed by atoms with Gasteiger partial charge in [0.15, 0.2) is 5.96 Å². The summed E-state index contributed by atoms with van der Waals surface area (Å²) >= 11 is 3.42.